The molecule has 2 N–H and O–H groups in total. The summed E-state index contributed by atoms with van der Waals surface area (Å²) in [5.41, 5.74) is 2.96. The van der Waals surface area contributed by atoms with Crippen molar-refractivity contribution < 1.29 is 13.7 Å². The lowest BCUT2D eigenvalue weighted by molar-refractivity contribution is 0.273. The highest BCUT2D eigenvalue weighted by molar-refractivity contribution is 7.85. The summed E-state index contributed by atoms with van der Waals surface area (Å²) in [6.45, 7) is 3.17. The quantitative estimate of drug-likeness (QED) is 0.525. The highest BCUT2D eigenvalue weighted by Crippen LogP contribution is 2.31. The number of aliphatic hydroxyl groups excluding tert-OH is 1. The number of rotatable bonds is 7. The van der Waals surface area contributed by atoms with Gasteiger partial charge in [0, 0.05) is 49.1 Å². The van der Waals surface area contributed by atoms with Gasteiger partial charge < -0.3 is 24.6 Å². The van der Waals surface area contributed by atoms with Crippen LogP contribution < -0.4 is 15.1 Å². The SMILES string of the molecule is O=S1CCc2nc(N3CCN(c4ccc(Cl)cc4)CC3)nc(N[C@@H](CO)Cc3ccoc3)c21. The Morgan fingerprint density at radius 2 is 1.88 bits per heavy atom. The predicted octanol–water partition coefficient (Wildman–Crippen LogP) is 2.73. The van der Waals surface area contributed by atoms with E-state index in [1.54, 1.807) is 12.5 Å². The van der Waals surface area contributed by atoms with Crippen molar-refractivity contribution in [1.29, 1.82) is 0 Å². The fourth-order valence-electron chi connectivity index (χ4n) is 4.29. The van der Waals surface area contributed by atoms with Gasteiger partial charge in [-0.05, 0) is 42.3 Å². The summed E-state index contributed by atoms with van der Waals surface area (Å²) in [4.78, 5) is 14.7. The lowest BCUT2D eigenvalue weighted by Crippen LogP contribution is -2.47. The summed E-state index contributed by atoms with van der Waals surface area (Å²) < 4.78 is 17.8. The Hall–Kier alpha value is -2.62. The van der Waals surface area contributed by atoms with E-state index in [0.29, 0.717) is 35.3 Å². The van der Waals surface area contributed by atoms with Gasteiger partial charge in [-0.25, -0.2) is 4.98 Å². The number of furan rings is 1. The van der Waals surface area contributed by atoms with Gasteiger partial charge in [0.15, 0.2) is 0 Å². The molecule has 174 valence electrons. The molecule has 3 aromatic rings. The zero-order chi connectivity index (χ0) is 22.8. The minimum Gasteiger partial charge on any atom is -0.472 e. The number of anilines is 3. The fourth-order valence-corrected chi connectivity index (χ4v) is 5.73. The van der Waals surface area contributed by atoms with E-state index in [0.717, 1.165) is 48.1 Å². The van der Waals surface area contributed by atoms with Crippen molar-refractivity contribution in [3.63, 3.8) is 0 Å². The number of aryl methyl sites for hydroxylation is 1. The maximum Gasteiger partial charge on any atom is 0.227 e. The van der Waals surface area contributed by atoms with E-state index in [1.165, 1.54) is 0 Å². The highest BCUT2D eigenvalue weighted by Gasteiger charge is 2.29. The van der Waals surface area contributed by atoms with Crippen molar-refractivity contribution >= 4 is 39.9 Å². The molecule has 8 nitrogen and oxygen atoms in total. The minimum absolute atomic E-state index is 0.0777. The Labute approximate surface area is 200 Å². The van der Waals surface area contributed by atoms with Crippen LogP contribution in [0.4, 0.5) is 17.5 Å². The van der Waals surface area contributed by atoms with Crippen LogP contribution in [-0.4, -0.2) is 63.9 Å². The van der Waals surface area contributed by atoms with Crippen LogP contribution in [0.15, 0.2) is 52.2 Å². The van der Waals surface area contributed by atoms with E-state index >= 15 is 0 Å². The second kappa shape index (κ2) is 9.70. The standard InChI is InChI=1S/C23H26ClN5O3S/c24-17-1-3-19(4-2-17)28-7-9-29(10-8-28)23-26-20-6-12-33(31)21(20)22(27-23)25-18(14-30)13-16-5-11-32-15-16/h1-5,11,15,18,30H,6-10,12-14H2,(H,25,26,27)/t18-,33?/m1/s1. The number of nitrogens with zero attached hydrogens (tertiary/aromatic N) is 4. The molecule has 0 spiro atoms. The third-order valence-electron chi connectivity index (χ3n) is 6.05. The van der Waals surface area contributed by atoms with E-state index in [1.807, 2.05) is 30.3 Å². The maximum absolute atomic E-state index is 12.7. The fraction of sp³-hybridized carbons (Fsp3) is 0.391. The van der Waals surface area contributed by atoms with E-state index in [2.05, 4.69) is 15.1 Å². The van der Waals surface area contributed by atoms with E-state index in [-0.39, 0.29) is 12.6 Å². The van der Waals surface area contributed by atoms with Crippen molar-refractivity contribution in [3.05, 3.63) is 59.1 Å². The first kappa shape index (κ1) is 22.2. The number of halogens is 1. The lowest BCUT2D eigenvalue weighted by Gasteiger charge is -2.36. The van der Waals surface area contributed by atoms with Crippen LogP contribution in [0.2, 0.25) is 5.02 Å². The minimum atomic E-state index is -1.14. The molecule has 0 saturated carbocycles. The number of benzene rings is 1. The number of aromatic nitrogens is 2. The number of aliphatic hydroxyl groups is 1. The van der Waals surface area contributed by atoms with Crippen molar-refractivity contribution in [3.8, 4) is 0 Å². The summed E-state index contributed by atoms with van der Waals surface area (Å²) in [6, 6.07) is 9.50. The highest BCUT2D eigenvalue weighted by atomic mass is 35.5. The predicted molar refractivity (Wildman–Crippen MR) is 130 cm³/mol. The number of fused-ring (bicyclic) bond motifs is 1. The Kier molecular flexibility index (Phi) is 6.52. The molecular weight excluding hydrogens is 462 g/mol. The Morgan fingerprint density at radius 1 is 1.12 bits per heavy atom. The second-order valence-corrected chi connectivity index (χ2v) is 10.2. The largest absolute Gasteiger partial charge is 0.472 e. The van der Waals surface area contributed by atoms with Gasteiger partial charge in [0.1, 0.15) is 10.7 Å². The van der Waals surface area contributed by atoms with Crippen LogP contribution in [0.5, 0.6) is 0 Å². The molecule has 0 aliphatic carbocycles. The number of hydrogen-bond donors (Lipinski definition) is 2. The number of nitrogens with one attached hydrogen (secondary N) is 1. The first-order valence-corrected chi connectivity index (χ1v) is 12.7. The van der Waals surface area contributed by atoms with E-state index < -0.39 is 10.8 Å². The van der Waals surface area contributed by atoms with Gasteiger partial charge in [0.25, 0.3) is 0 Å². The van der Waals surface area contributed by atoms with Crippen LogP contribution in [-0.2, 0) is 23.6 Å². The van der Waals surface area contributed by atoms with Gasteiger partial charge in [-0.15, -0.1) is 0 Å². The molecule has 4 heterocycles. The zero-order valence-corrected chi connectivity index (χ0v) is 19.7. The van der Waals surface area contributed by atoms with E-state index in [4.69, 9.17) is 26.0 Å². The Balaban J connectivity index is 1.34. The first-order chi connectivity index (χ1) is 16.1. The van der Waals surface area contributed by atoms with E-state index in [9.17, 15) is 9.32 Å². The third-order valence-corrected chi connectivity index (χ3v) is 7.76. The van der Waals surface area contributed by atoms with Gasteiger partial charge in [-0.3, -0.25) is 4.21 Å². The molecule has 1 fully saturated rings. The molecule has 1 aromatic carbocycles. The van der Waals surface area contributed by atoms with Gasteiger partial charge >= 0.3 is 0 Å². The van der Waals surface area contributed by atoms with Crippen molar-refractivity contribution in [2.24, 2.45) is 0 Å². The number of hydrogen-bond acceptors (Lipinski definition) is 8. The molecule has 33 heavy (non-hydrogen) atoms. The number of piperazine rings is 1. The summed E-state index contributed by atoms with van der Waals surface area (Å²) in [6.07, 6.45) is 4.53. The molecule has 2 atom stereocenters. The van der Waals surface area contributed by atoms with Crippen molar-refractivity contribution in [1.82, 2.24) is 9.97 Å². The second-order valence-electron chi connectivity index (χ2n) is 8.26. The molecule has 1 unspecified atom stereocenters. The summed E-state index contributed by atoms with van der Waals surface area (Å²) in [7, 11) is -1.14. The third kappa shape index (κ3) is 4.85. The molecular formula is C23H26ClN5O3S. The molecule has 2 aliphatic heterocycles. The molecule has 0 radical (unpaired) electrons. The Morgan fingerprint density at radius 3 is 2.58 bits per heavy atom. The molecule has 5 rings (SSSR count). The van der Waals surface area contributed by atoms with Gasteiger partial charge in [-0.2, -0.15) is 4.98 Å². The average molecular weight is 488 g/mol. The van der Waals surface area contributed by atoms with Crippen LogP contribution >= 0.6 is 11.6 Å². The van der Waals surface area contributed by atoms with Crippen molar-refractivity contribution in [2.75, 3.05) is 53.7 Å². The van der Waals surface area contributed by atoms with Gasteiger partial charge in [0.05, 0.1) is 41.7 Å². The molecule has 0 bridgehead atoms. The normalized spacial score (nSPS) is 18.9. The Bertz CT molecular complexity index is 1120. The lowest BCUT2D eigenvalue weighted by atomic mass is 10.1. The van der Waals surface area contributed by atoms with Crippen LogP contribution in [0, 0.1) is 0 Å². The van der Waals surface area contributed by atoms with Crippen LogP contribution in [0.1, 0.15) is 11.3 Å². The zero-order valence-electron chi connectivity index (χ0n) is 18.1. The van der Waals surface area contributed by atoms with Crippen molar-refractivity contribution in [2.45, 2.75) is 23.8 Å². The first-order valence-electron chi connectivity index (χ1n) is 11.0. The topological polar surface area (TPSA) is 94.7 Å². The van der Waals surface area contributed by atoms with Gasteiger partial charge in [-0.1, -0.05) is 11.6 Å². The van der Waals surface area contributed by atoms with Crippen LogP contribution in [0.3, 0.4) is 0 Å². The molecule has 2 aliphatic rings. The smallest absolute Gasteiger partial charge is 0.227 e. The molecule has 0 amide bonds. The molecule has 1 saturated heterocycles. The summed E-state index contributed by atoms with van der Waals surface area (Å²) in [5, 5.41) is 14.0. The summed E-state index contributed by atoms with van der Waals surface area (Å²) in [5.74, 6) is 1.76. The monoisotopic (exact) mass is 487 g/mol. The van der Waals surface area contributed by atoms with Crippen LogP contribution in [0.25, 0.3) is 0 Å². The molecule has 2 aromatic heterocycles. The van der Waals surface area contributed by atoms with Gasteiger partial charge in [0.2, 0.25) is 5.95 Å². The maximum atomic E-state index is 12.7. The molecule has 10 heteroatoms. The average Bonchev–Trinajstić information content (AvgIpc) is 3.49. The summed E-state index contributed by atoms with van der Waals surface area (Å²) >= 11 is 6.02.